The van der Waals surface area contributed by atoms with Crippen LogP contribution in [0.4, 0.5) is 0 Å². The van der Waals surface area contributed by atoms with Gasteiger partial charge in [0.25, 0.3) is 0 Å². The molecule has 0 spiro atoms. The Morgan fingerprint density at radius 2 is 1.71 bits per heavy atom. The third-order valence-corrected chi connectivity index (χ3v) is 7.13. The summed E-state index contributed by atoms with van der Waals surface area (Å²) in [7, 11) is -3.46. The van der Waals surface area contributed by atoms with Crippen molar-refractivity contribution < 1.29 is 8.42 Å². The van der Waals surface area contributed by atoms with Gasteiger partial charge in [0, 0.05) is 18.9 Å². The van der Waals surface area contributed by atoms with Crippen LogP contribution >= 0.6 is 0 Å². The number of hydrogen-bond acceptors (Lipinski definition) is 3. The quantitative estimate of drug-likeness (QED) is 0.858. The van der Waals surface area contributed by atoms with E-state index in [-0.39, 0.29) is 6.04 Å². The van der Waals surface area contributed by atoms with Crippen molar-refractivity contribution in [2.75, 3.05) is 6.54 Å². The van der Waals surface area contributed by atoms with Crippen LogP contribution < -0.4 is 0 Å². The van der Waals surface area contributed by atoms with E-state index in [9.17, 15) is 8.42 Å². The van der Waals surface area contributed by atoms with Crippen LogP contribution in [-0.2, 0) is 22.9 Å². The summed E-state index contributed by atoms with van der Waals surface area (Å²) >= 11 is 0. The van der Waals surface area contributed by atoms with Gasteiger partial charge in [-0.2, -0.15) is 4.31 Å². The Kier molecular flexibility index (Phi) is 4.14. The van der Waals surface area contributed by atoms with Gasteiger partial charge in [-0.15, -0.1) is 0 Å². The molecule has 0 saturated carbocycles. The highest BCUT2D eigenvalue weighted by atomic mass is 32.2. The Morgan fingerprint density at radius 3 is 2.50 bits per heavy atom. The van der Waals surface area contributed by atoms with E-state index in [2.05, 4.69) is 4.98 Å². The summed E-state index contributed by atoms with van der Waals surface area (Å²) in [4.78, 5) is 4.49. The summed E-state index contributed by atoms with van der Waals surface area (Å²) in [6.07, 6.45) is 9.65. The first-order valence-corrected chi connectivity index (χ1v) is 10.1. The summed E-state index contributed by atoms with van der Waals surface area (Å²) < 4.78 is 28.1. The zero-order valence-electron chi connectivity index (χ0n) is 13.7. The maximum absolute atomic E-state index is 13.2. The average molecular weight is 342 g/mol. The minimum absolute atomic E-state index is 0.0750. The van der Waals surface area contributed by atoms with Gasteiger partial charge < -0.3 is 0 Å². The van der Waals surface area contributed by atoms with E-state index in [1.54, 1.807) is 22.8 Å². The number of aromatic nitrogens is 1. The second-order valence-electron chi connectivity index (χ2n) is 6.69. The summed E-state index contributed by atoms with van der Waals surface area (Å²) in [6.45, 7) is 0.590. The smallest absolute Gasteiger partial charge is 0.243 e. The minimum atomic E-state index is -3.46. The monoisotopic (exact) mass is 342 g/mol. The molecule has 2 aromatic rings. The molecular weight excluding hydrogens is 320 g/mol. The second-order valence-corrected chi connectivity index (χ2v) is 8.58. The Hall–Kier alpha value is -1.72. The highest BCUT2D eigenvalue weighted by Gasteiger charge is 2.36. The lowest BCUT2D eigenvalue weighted by molar-refractivity contribution is 0.396. The van der Waals surface area contributed by atoms with Crippen LogP contribution in [0.3, 0.4) is 0 Å². The van der Waals surface area contributed by atoms with Crippen molar-refractivity contribution in [3.05, 3.63) is 59.4 Å². The topological polar surface area (TPSA) is 50.3 Å². The largest absolute Gasteiger partial charge is 0.265 e. The number of benzene rings is 1. The summed E-state index contributed by atoms with van der Waals surface area (Å²) in [5.41, 5.74) is 3.55. The molecule has 1 aliphatic carbocycles. The van der Waals surface area contributed by atoms with E-state index in [1.807, 2.05) is 24.3 Å². The molecule has 2 aliphatic rings. The van der Waals surface area contributed by atoms with Crippen molar-refractivity contribution in [1.29, 1.82) is 0 Å². The molecule has 1 saturated heterocycles. The first-order valence-electron chi connectivity index (χ1n) is 8.70. The molecule has 126 valence electrons. The van der Waals surface area contributed by atoms with Crippen LogP contribution in [0.1, 0.15) is 48.4 Å². The highest BCUT2D eigenvalue weighted by Crippen LogP contribution is 2.37. The van der Waals surface area contributed by atoms with Crippen molar-refractivity contribution in [3.8, 4) is 0 Å². The highest BCUT2D eigenvalue weighted by molar-refractivity contribution is 7.89. The van der Waals surface area contributed by atoms with Crippen LogP contribution in [0.5, 0.6) is 0 Å². The first kappa shape index (κ1) is 15.8. The van der Waals surface area contributed by atoms with E-state index in [0.717, 1.165) is 37.7 Å². The maximum atomic E-state index is 13.2. The van der Waals surface area contributed by atoms with Crippen molar-refractivity contribution >= 4 is 10.0 Å². The van der Waals surface area contributed by atoms with Crippen molar-refractivity contribution in [2.24, 2.45) is 0 Å². The fraction of sp³-hybridized carbons (Fsp3) is 0.421. The molecule has 1 aromatic carbocycles. The number of hydrogen-bond donors (Lipinski definition) is 0. The lowest BCUT2D eigenvalue weighted by Gasteiger charge is -2.25. The van der Waals surface area contributed by atoms with Gasteiger partial charge in [-0.25, -0.2) is 8.42 Å². The van der Waals surface area contributed by atoms with E-state index in [1.165, 1.54) is 17.5 Å². The molecule has 1 fully saturated rings. The van der Waals surface area contributed by atoms with Gasteiger partial charge >= 0.3 is 0 Å². The molecule has 2 heterocycles. The molecular formula is C19H22N2O2S. The van der Waals surface area contributed by atoms with Gasteiger partial charge in [-0.1, -0.05) is 6.07 Å². The molecule has 0 radical (unpaired) electrons. The zero-order chi connectivity index (χ0) is 16.6. The van der Waals surface area contributed by atoms with E-state index >= 15 is 0 Å². The van der Waals surface area contributed by atoms with Gasteiger partial charge in [-0.05, 0) is 79.5 Å². The van der Waals surface area contributed by atoms with E-state index in [4.69, 9.17) is 0 Å². The maximum Gasteiger partial charge on any atom is 0.243 e. The van der Waals surface area contributed by atoms with Gasteiger partial charge in [0.05, 0.1) is 10.9 Å². The molecule has 0 bridgehead atoms. The predicted octanol–water partition coefficient (Wildman–Crippen LogP) is 3.49. The number of fused-ring (bicyclic) bond motifs is 1. The van der Waals surface area contributed by atoms with Gasteiger partial charge in [0.15, 0.2) is 0 Å². The third kappa shape index (κ3) is 2.76. The zero-order valence-corrected chi connectivity index (χ0v) is 14.5. The molecule has 1 atom stereocenters. The number of rotatable bonds is 3. The fourth-order valence-electron chi connectivity index (χ4n) is 3.95. The number of aryl methyl sites for hydroxylation is 2. The van der Waals surface area contributed by atoms with Crippen LogP contribution in [0, 0.1) is 0 Å². The van der Waals surface area contributed by atoms with Crippen LogP contribution in [0.25, 0.3) is 0 Å². The molecule has 4 rings (SSSR count). The Balaban J connectivity index is 1.69. The molecule has 0 N–H and O–H groups in total. The average Bonchev–Trinajstić information content (AvgIpc) is 3.13. The van der Waals surface area contributed by atoms with Gasteiger partial charge in [0.1, 0.15) is 0 Å². The summed E-state index contributed by atoms with van der Waals surface area (Å²) in [5, 5.41) is 0. The van der Waals surface area contributed by atoms with Crippen LogP contribution in [-0.4, -0.2) is 24.3 Å². The summed E-state index contributed by atoms with van der Waals surface area (Å²) in [5.74, 6) is 0. The standard InChI is InChI=1S/C19H22N2O2S/c22-24(23,18-8-7-15-4-1-2-5-17(15)14-18)21-13-3-6-19(21)16-9-11-20-12-10-16/h7-12,14,19H,1-6,13H2/t19-/m0/s1. The van der Waals surface area contributed by atoms with Gasteiger partial charge in [0.2, 0.25) is 10.0 Å². The Bertz CT molecular complexity index is 834. The van der Waals surface area contributed by atoms with Crippen molar-refractivity contribution in [1.82, 2.24) is 9.29 Å². The van der Waals surface area contributed by atoms with E-state index < -0.39 is 10.0 Å². The third-order valence-electron chi connectivity index (χ3n) is 5.22. The number of sulfonamides is 1. The molecule has 5 heteroatoms. The lowest BCUT2D eigenvalue weighted by Crippen LogP contribution is -2.30. The normalized spacial score (nSPS) is 21.6. The SMILES string of the molecule is O=S(=O)(c1ccc2c(c1)CCCC2)N1CCC[C@H]1c1ccncc1. The first-order chi connectivity index (χ1) is 11.7. The van der Waals surface area contributed by atoms with E-state index in [0.29, 0.717) is 11.4 Å². The lowest BCUT2D eigenvalue weighted by atomic mass is 9.92. The van der Waals surface area contributed by atoms with Crippen LogP contribution in [0.2, 0.25) is 0 Å². The molecule has 1 aromatic heterocycles. The Labute approximate surface area is 143 Å². The number of pyridine rings is 1. The van der Waals surface area contributed by atoms with Gasteiger partial charge in [-0.3, -0.25) is 4.98 Å². The fourth-order valence-corrected chi connectivity index (χ4v) is 5.69. The van der Waals surface area contributed by atoms with Crippen LogP contribution in [0.15, 0.2) is 47.6 Å². The second kappa shape index (κ2) is 6.30. The molecule has 24 heavy (non-hydrogen) atoms. The Morgan fingerprint density at radius 1 is 0.958 bits per heavy atom. The van der Waals surface area contributed by atoms with Crippen molar-refractivity contribution in [2.45, 2.75) is 49.5 Å². The molecule has 0 amide bonds. The predicted molar refractivity (Wildman–Crippen MR) is 93.2 cm³/mol. The minimum Gasteiger partial charge on any atom is -0.265 e. The van der Waals surface area contributed by atoms with Crippen molar-refractivity contribution in [3.63, 3.8) is 0 Å². The molecule has 4 nitrogen and oxygen atoms in total. The number of nitrogens with zero attached hydrogens (tertiary/aromatic N) is 2. The summed E-state index contributed by atoms with van der Waals surface area (Å²) in [6, 6.07) is 9.48. The molecule has 1 aliphatic heterocycles. The molecule has 0 unspecified atom stereocenters.